The van der Waals surface area contributed by atoms with Crippen LogP contribution in [0.4, 0.5) is 0 Å². The number of nitrogens with two attached hydrogens (primary N) is 2. The fourth-order valence-corrected chi connectivity index (χ4v) is 2.86. The van der Waals surface area contributed by atoms with Crippen LogP contribution in [0, 0.1) is 0 Å². The van der Waals surface area contributed by atoms with Crippen molar-refractivity contribution in [2.45, 2.75) is 56.8 Å². The molecule has 0 aliphatic heterocycles. The number of aliphatic hydroxyl groups excluding tert-OH is 1. The number of carbonyl (C=O) groups excluding carboxylic acids is 3. The standard InChI is InChI=1S/C21H33N5O7/c1-12(21(32)33)24-19(30)16(4-2-3-9-22)25-20(31)17(11-27)26-18(29)15(23)10-13-5-7-14(28)8-6-13/h5-8,12,15-17,27-28H,2-4,9-11,22-23H2,1H3,(H,24,30)(H,25,31)(H,26,29)(H,32,33). The van der Waals surface area contributed by atoms with Gasteiger partial charge in [-0.1, -0.05) is 12.1 Å². The molecule has 0 aliphatic rings. The van der Waals surface area contributed by atoms with Gasteiger partial charge >= 0.3 is 5.97 Å². The Bertz CT molecular complexity index is 803. The van der Waals surface area contributed by atoms with E-state index in [1.807, 2.05) is 0 Å². The maximum atomic E-state index is 12.6. The summed E-state index contributed by atoms with van der Waals surface area (Å²) in [4.78, 5) is 48.5. The number of aromatic hydroxyl groups is 1. The lowest BCUT2D eigenvalue weighted by molar-refractivity contribution is -0.141. The van der Waals surface area contributed by atoms with Gasteiger partial charge < -0.3 is 42.7 Å². The lowest BCUT2D eigenvalue weighted by Crippen LogP contribution is -2.58. The third kappa shape index (κ3) is 9.85. The lowest BCUT2D eigenvalue weighted by Gasteiger charge is -2.24. The summed E-state index contributed by atoms with van der Waals surface area (Å²) in [7, 11) is 0. The molecule has 12 nitrogen and oxygen atoms in total. The van der Waals surface area contributed by atoms with Crippen molar-refractivity contribution in [1.29, 1.82) is 0 Å². The van der Waals surface area contributed by atoms with Gasteiger partial charge in [0, 0.05) is 0 Å². The average molecular weight is 468 g/mol. The number of carbonyl (C=O) groups is 4. The predicted molar refractivity (Wildman–Crippen MR) is 119 cm³/mol. The molecule has 0 radical (unpaired) electrons. The quantitative estimate of drug-likeness (QED) is 0.141. The first kappa shape index (κ1) is 27.8. The summed E-state index contributed by atoms with van der Waals surface area (Å²) in [6, 6.07) is 1.44. The van der Waals surface area contributed by atoms with Crippen molar-refractivity contribution in [3.8, 4) is 5.75 Å². The summed E-state index contributed by atoms with van der Waals surface area (Å²) in [6.07, 6.45) is 1.39. The van der Waals surface area contributed by atoms with E-state index in [2.05, 4.69) is 16.0 Å². The zero-order valence-electron chi connectivity index (χ0n) is 18.5. The van der Waals surface area contributed by atoms with Gasteiger partial charge in [-0.05, 0) is 56.8 Å². The zero-order valence-corrected chi connectivity index (χ0v) is 18.5. The first-order valence-corrected chi connectivity index (χ1v) is 10.6. The molecule has 10 N–H and O–H groups in total. The SMILES string of the molecule is CC(NC(=O)C(CCCCN)NC(=O)C(CO)NC(=O)C(N)Cc1ccc(O)cc1)C(=O)O. The molecule has 33 heavy (non-hydrogen) atoms. The van der Waals surface area contributed by atoms with Crippen molar-refractivity contribution in [2.75, 3.05) is 13.2 Å². The third-order valence-electron chi connectivity index (χ3n) is 4.85. The predicted octanol–water partition coefficient (Wildman–Crippen LogP) is -2.06. The van der Waals surface area contributed by atoms with Crippen LogP contribution < -0.4 is 27.4 Å². The van der Waals surface area contributed by atoms with Crippen LogP contribution in [0.15, 0.2) is 24.3 Å². The van der Waals surface area contributed by atoms with Gasteiger partial charge in [0.25, 0.3) is 0 Å². The van der Waals surface area contributed by atoms with Gasteiger partial charge in [-0.15, -0.1) is 0 Å². The fourth-order valence-electron chi connectivity index (χ4n) is 2.86. The Morgan fingerprint density at radius 1 is 0.939 bits per heavy atom. The van der Waals surface area contributed by atoms with Gasteiger partial charge in [0.15, 0.2) is 0 Å². The summed E-state index contributed by atoms with van der Waals surface area (Å²) >= 11 is 0. The van der Waals surface area contributed by atoms with Gasteiger partial charge in [0.2, 0.25) is 17.7 Å². The Kier molecular flexibility index (Phi) is 11.8. The highest BCUT2D eigenvalue weighted by atomic mass is 16.4. The highest BCUT2D eigenvalue weighted by Gasteiger charge is 2.28. The molecule has 1 aromatic rings. The van der Waals surface area contributed by atoms with Crippen LogP contribution in [0.3, 0.4) is 0 Å². The van der Waals surface area contributed by atoms with E-state index in [-0.39, 0.29) is 18.6 Å². The highest BCUT2D eigenvalue weighted by Crippen LogP contribution is 2.11. The number of amides is 3. The third-order valence-corrected chi connectivity index (χ3v) is 4.85. The fraction of sp³-hybridized carbons (Fsp3) is 0.524. The van der Waals surface area contributed by atoms with E-state index >= 15 is 0 Å². The number of carboxylic acids is 1. The molecular weight excluding hydrogens is 434 g/mol. The van der Waals surface area contributed by atoms with Crippen LogP contribution >= 0.6 is 0 Å². The average Bonchev–Trinajstić information content (AvgIpc) is 2.77. The molecule has 3 amide bonds. The Balaban J connectivity index is 2.76. The highest BCUT2D eigenvalue weighted by molar-refractivity contribution is 5.94. The van der Waals surface area contributed by atoms with Gasteiger partial charge in [0.05, 0.1) is 12.6 Å². The molecule has 12 heteroatoms. The summed E-state index contributed by atoms with van der Waals surface area (Å²) in [5.74, 6) is -3.39. The van der Waals surface area contributed by atoms with Crippen molar-refractivity contribution in [3.05, 3.63) is 29.8 Å². The number of hydrogen-bond donors (Lipinski definition) is 8. The number of aliphatic hydroxyl groups is 1. The molecule has 1 aromatic carbocycles. The van der Waals surface area contributed by atoms with Crippen LogP contribution in [0.2, 0.25) is 0 Å². The van der Waals surface area contributed by atoms with Crippen molar-refractivity contribution >= 4 is 23.7 Å². The second-order valence-corrected chi connectivity index (χ2v) is 7.63. The van der Waals surface area contributed by atoms with E-state index < -0.39 is 54.5 Å². The number of nitrogens with one attached hydrogen (secondary N) is 3. The molecule has 0 bridgehead atoms. The van der Waals surface area contributed by atoms with Crippen molar-refractivity contribution < 1.29 is 34.5 Å². The van der Waals surface area contributed by atoms with E-state index in [1.54, 1.807) is 12.1 Å². The smallest absolute Gasteiger partial charge is 0.325 e. The molecule has 0 saturated heterocycles. The van der Waals surface area contributed by atoms with E-state index in [4.69, 9.17) is 16.6 Å². The normalized spacial score (nSPS) is 14.4. The molecule has 0 aliphatic carbocycles. The second-order valence-electron chi connectivity index (χ2n) is 7.63. The van der Waals surface area contributed by atoms with E-state index in [0.717, 1.165) is 0 Å². The number of unbranched alkanes of at least 4 members (excludes halogenated alkanes) is 1. The number of benzene rings is 1. The Morgan fingerprint density at radius 2 is 1.52 bits per heavy atom. The molecule has 0 aromatic heterocycles. The molecular formula is C21H33N5O7. The van der Waals surface area contributed by atoms with E-state index in [1.165, 1.54) is 19.1 Å². The van der Waals surface area contributed by atoms with Crippen LogP contribution in [-0.4, -0.2) is 76.3 Å². The largest absolute Gasteiger partial charge is 0.508 e. The summed E-state index contributed by atoms with van der Waals surface area (Å²) in [5, 5.41) is 35.0. The molecule has 0 heterocycles. The molecule has 0 fully saturated rings. The Labute approximate surface area is 191 Å². The first-order chi connectivity index (χ1) is 15.6. The van der Waals surface area contributed by atoms with Crippen molar-refractivity contribution in [2.24, 2.45) is 11.5 Å². The summed E-state index contributed by atoms with van der Waals surface area (Å²) in [5.41, 5.74) is 12.0. The minimum Gasteiger partial charge on any atom is -0.508 e. The van der Waals surface area contributed by atoms with Gasteiger partial charge in [-0.25, -0.2) is 0 Å². The number of hydrogen-bond acceptors (Lipinski definition) is 8. The Hall–Kier alpha value is -3.22. The summed E-state index contributed by atoms with van der Waals surface area (Å²) in [6.45, 7) is 0.916. The van der Waals surface area contributed by atoms with Gasteiger partial charge in [-0.2, -0.15) is 0 Å². The maximum Gasteiger partial charge on any atom is 0.325 e. The number of phenolic OH excluding ortho intramolecular Hbond substituents is 1. The van der Waals surface area contributed by atoms with Crippen molar-refractivity contribution in [1.82, 2.24) is 16.0 Å². The van der Waals surface area contributed by atoms with Crippen molar-refractivity contribution in [3.63, 3.8) is 0 Å². The van der Waals surface area contributed by atoms with Gasteiger partial charge in [-0.3, -0.25) is 19.2 Å². The number of phenols is 1. The zero-order chi connectivity index (χ0) is 25.0. The minimum absolute atomic E-state index is 0.0663. The molecule has 184 valence electrons. The Morgan fingerprint density at radius 3 is 2.06 bits per heavy atom. The molecule has 4 atom stereocenters. The van der Waals surface area contributed by atoms with Crippen LogP contribution in [0.5, 0.6) is 5.75 Å². The monoisotopic (exact) mass is 467 g/mol. The molecule has 0 saturated carbocycles. The molecule has 4 unspecified atom stereocenters. The summed E-state index contributed by atoms with van der Waals surface area (Å²) < 4.78 is 0. The lowest BCUT2D eigenvalue weighted by atomic mass is 10.1. The minimum atomic E-state index is -1.37. The number of rotatable bonds is 14. The maximum absolute atomic E-state index is 12.6. The molecule has 1 rings (SSSR count). The van der Waals surface area contributed by atoms with Crippen LogP contribution in [-0.2, 0) is 25.6 Å². The second kappa shape index (κ2) is 14.0. The number of aliphatic carboxylic acids is 1. The van der Waals surface area contributed by atoms with E-state index in [0.29, 0.717) is 24.9 Å². The topological polar surface area (TPSA) is 217 Å². The number of carboxylic acid groups (broad SMARTS) is 1. The first-order valence-electron chi connectivity index (χ1n) is 10.6. The van der Waals surface area contributed by atoms with Crippen LogP contribution in [0.25, 0.3) is 0 Å². The molecule has 0 spiro atoms. The van der Waals surface area contributed by atoms with Gasteiger partial charge in [0.1, 0.15) is 23.9 Å². The van der Waals surface area contributed by atoms with Crippen LogP contribution in [0.1, 0.15) is 31.7 Å². The van der Waals surface area contributed by atoms with E-state index in [9.17, 15) is 29.4 Å².